The van der Waals surface area contributed by atoms with Crippen LogP contribution in [0.5, 0.6) is 0 Å². The van der Waals surface area contributed by atoms with Gasteiger partial charge in [-0.15, -0.1) is 0 Å². The first-order valence-electron chi connectivity index (χ1n) is 10.5. The summed E-state index contributed by atoms with van der Waals surface area (Å²) in [5, 5.41) is 0. The van der Waals surface area contributed by atoms with Gasteiger partial charge in [0.15, 0.2) is 0 Å². The molecule has 0 N–H and O–H groups in total. The number of carbonyl (C=O) groups excluding carboxylic acids is 2. The molecule has 2 saturated heterocycles. The van der Waals surface area contributed by atoms with Gasteiger partial charge in [0.2, 0.25) is 11.8 Å². The summed E-state index contributed by atoms with van der Waals surface area (Å²) in [5.41, 5.74) is 0. The van der Waals surface area contributed by atoms with E-state index in [1.165, 1.54) is 45.1 Å². The van der Waals surface area contributed by atoms with Gasteiger partial charge < -0.3 is 9.80 Å². The van der Waals surface area contributed by atoms with E-state index in [9.17, 15) is 9.59 Å². The average Bonchev–Trinajstić information content (AvgIpc) is 2.99. The summed E-state index contributed by atoms with van der Waals surface area (Å²) in [7, 11) is 0. The van der Waals surface area contributed by atoms with E-state index in [2.05, 4.69) is 4.90 Å². The lowest BCUT2D eigenvalue weighted by atomic mass is 10.1. The molecule has 0 aromatic heterocycles. The molecule has 2 aliphatic heterocycles. The Labute approximate surface area is 152 Å². The number of rotatable bonds is 5. The molecule has 0 radical (unpaired) electrons. The lowest BCUT2D eigenvalue weighted by Crippen LogP contribution is -2.49. The van der Waals surface area contributed by atoms with Gasteiger partial charge in [0.25, 0.3) is 0 Å². The van der Waals surface area contributed by atoms with Crippen molar-refractivity contribution in [1.29, 1.82) is 0 Å². The SMILES string of the molecule is O=C(CCC(=O)N1CCN(CC2CCCC2)CC1)N1CCCCCC1. The molecule has 5 nitrogen and oxygen atoms in total. The molecule has 0 bridgehead atoms. The highest BCUT2D eigenvalue weighted by molar-refractivity contribution is 5.83. The second kappa shape index (κ2) is 9.56. The molecule has 2 amide bonds. The van der Waals surface area contributed by atoms with Gasteiger partial charge in [-0.3, -0.25) is 14.5 Å². The standard InChI is InChI=1S/C20H35N3O2/c24-19(22-11-5-1-2-6-12-22)9-10-20(25)23-15-13-21(14-16-23)17-18-7-3-4-8-18/h18H,1-17H2. The fraction of sp³-hybridized carbons (Fsp3) is 0.900. The molecule has 1 saturated carbocycles. The second-order valence-corrected chi connectivity index (χ2v) is 8.13. The number of carbonyl (C=O) groups is 2. The number of amides is 2. The minimum atomic E-state index is 0.170. The molecule has 0 aromatic rings. The van der Waals surface area contributed by atoms with Crippen LogP contribution in [-0.4, -0.2) is 72.3 Å². The zero-order chi connectivity index (χ0) is 17.5. The summed E-state index contributed by atoms with van der Waals surface area (Å²) in [6, 6.07) is 0. The fourth-order valence-electron chi connectivity index (χ4n) is 4.59. The summed E-state index contributed by atoms with van der Waals surface area (Å²) < 4.78 is 0. The predicted molar refractivity (Wildman–Crippen MR) is 99.3 cm³/mol. The minimum absolute atomic E-state index is 0.170. The van der Waals surface area contributed by atoms with Gasteiger partial charge in [-0.2, -0.15) is 0 Å². The van der Waals surface area contributed by atoms with Gasteiger partial charge in [0, 0.05) is 58.7 Å². The van der Waals surface area contributed by atoms with Gasteiger partial charge in [-0.05, 0) is 31.6 Å². The predicted octanol–water partition coefficient (Wildman–Crippen LogP) is 2.50. The van der Waals surface area contributed by atoms with Crippen molar-refractivity contribution in [1.82, 2.24) is 14.7 Å². The van der Waals surface area contributed by atoms with E-state index in [1.54, 1.807) is 0 Å². The van der Waals surface area contributed by atoms with Crippen LogP contribution >= 0.6 is 0 Å². The van der Waals surface area contributed by atoms with Gasteiger partial charge in [0.1, 0.15) is 0 Å². The third-order valence-electron chi connectivity index (χ3n) is 6.23. The Hall–Kier alpha value is -1.10. The van der Waals surface area contributed by atoms with Crippen molar-refractivity contribution in [3.8, 4) is 0 Å². The summed E-state index contributed by atoms with van der Waals surface area (Å²) in [5.74, 6) is 1.23. The number of nitrogens with zero attached hydrogens (tertiary/aromatic N) is 3. The highest BCUT2D eigenvalue weighted by Gasteiger charge is 2.25. The first-order valence-corrected chi connectivity index (χ1v) is 10.5. The van der Waals surface area contributed by atoms with Gasteiger partial charge in [-0.1, -0.05) is 25.7 Å². The summed E-state index contributed by atoms with van der Waals surface area (Å²) in [6.07, 6.45) is 11.0. The molecule has 3 fully saturated rings. The molecule has 0 unspecified atom stereocenters. The van der Waals surface area contributed by atoms with Gasteiger partial charge in [0.05, 0.1) is 0 Å². The van der Waals surface area contributed by atoms with Crippen LogP contribution in [0.4, 0.5) is 0 Å². The lowest BCUT2D eigenvalue weighted by Gasteiger charge is -2.36. The Kier molecular flexibility index (Phi) is 7.14. The summed E-state index contributed by atoms with van der Waals surface area (Å²) >= 11 is 0. The molecule has 142 valence electrons. The lowest BCUT2D eigenvalue weighted by molar-refractivity contribution is -0.138. The third-order valence-corrected chi connectivity index (χ3v) is 6.23. The fourth-order valence-corrected chi connectivity index (χ4v) is 4.59. The number of hydrogen-bond donors (Lipinski definition) is 0. The second-order valence-electron chi connectivity index (χ2n) is 8.13. The van der Waals surface area contributed by atoms with Crippen LogP contribution < -0.4 is 0 Å². The third kappa shape index (κ3) is 5.70. The number of hydrogen-bond acceptors (Lipinski definition) is 3. The number of likely N-dealkylation sites (tertiary alicyclic amines) is 1. The molecule has 0 aromatic carbocycles. The first-order chi connectivity index (χ1) is 12.2. The molecule has 5 heteroatoms. The van der Waals surface area contributed by atoms with Crippen molar-refractivity contribution >= 4 is 11.8 Å². The molecule has 2 heterocycles. The topological polar surface area (TPSA) is 43.9 Å². The molecule has 0 atom stereocenters. The maximum absolute atomic E-state index is 12.4. The van der Waals surface area contributed by atoms with Crippen LogP contribution in [0.3, 0.4) is 0 Å². The van der Waals surface area contributed by atoms with Crippen LogP contribution in [0.25, 0.3) is 0 Å². The molecule has 3 aliphatic rings. The van der Waals surface area contributed by atoms with Gasteiger partial charge >= 0.3 is 0 Å². The van der Waals surface area contributed by atoms with E-state index in [0.717, 1.165) is 58.0 Å². The van der Waals surface area contributed by atoms with Crippen molar-refractivity contribution in [2.75, 3.05) is 45.8 Å². The Morgan fingerprint density at radius 1 is 0.640 bits per heavy atom. The van der Waals surface area contributed by atoms with E-state index < -0.39 is 0 Å². The first kappa shape index (κ1) is 18.7. The molecule has 25 heavy (non-hydrogen) atoms. The zero-order valence-corrected chi connectivity index (χ0v) is 15.8. The van der Waals surface area contributed by atoms with Crippen molar-refractivity contribution in [3.63, 3.8) is 0 Å². The van der Waals surface area contributed by atoms with E-state index in [-0.39, 0.29) is 11.8 Å². The van der Waals surface area contributed by atoms with E-state index >= 15 is 0 Å². The van der Waals surface area contributed by atoms with Crippen LogP contribution in [0.15, 0.2) is 0 Å². The molecule has 1 aliphatic carbocycles. The highest BCUT2D eigenvalue weighted by atomic mass is 16.2. The largest absolute Gasteiger partial charge is 0.343 e. The van der Waals surface area contributed by atoms with E-state index in [0.29, 0.717) is 12.8 Å². The van der Waals surface area contributed by atoms with Crippen LogP contribution in [-0.2, 0) is 9.59 Å². The van der Waals surface area contributed by atoms with Crippen molar-refractivity contribution < 1.29 is 9.59 Å². The Bertz CT molecular complexity index is 432. The van der Waals surface area contributed by atoms with E-state index in [4.69, 9.17) is 0 Å². The molecule has 0 spiro atoms. The Morgan fingerprint density at radius 3 is 1.72 bits per heavy atom. The summed E-state index contributed by atoms with van der Waals surface area (Å²) in [6.45, 7) is 6.66. The zero-order valence-electron chi connectivity index (χ0n) is 15.8. The van der Waals surface area contributed by atoms with Crippen molar-refractivity contribution in [2.45, 2.75) is 64.2 Å². The van der Waals surface area contributed by atoms with Crippen LogP contribution in [0.2, 0.25) is 0 Å². The molecular weight excluding hydrogens is 314 g/mol. The Morgan fingerprint density at radius 2 is 1.16 bits per heavy atom. The maximum atomic E-state index is 12.4. The van der Waals surface area contributed by atoms with Crippen molar-refractivity contribution in [3.05, 3.63) is 0 Å². The number of piperazine rings is 1. The Balaban J connectivity index is 1.34. The molecule has 3 rings (SSSR count). The smallest absolute Gasteiger partial charge is 0.223 e. The average molecular weight is 350 g/mol. The minimum Gasteiger partial charge on any atom is -0.343 e. The van der Waals surface area contributed by atoms with Crippen LogP contribution in [0.1, 0.15) is 64.2 Å². The van der Waals surface area contributed by atoms with E-state index in [1.807, 2.05) is 9.80 Å². The monoisotopic (exact) mass is 349 g/mol. The quantitative estimate of drug-likeness (QED) is 0.766. The van der Waals surface area contributed by atoms with Gasteiger partial charge in [-0.25, -0.2) is 0 Å². The normalized spacial score (nSPS) is 23.7. The highest BCUT2D eigenvalue weighted by Crippen LogP contribution is 2.25. The summed E-state index contributed by atoms with van der Waals surface area (Å²) in [4.78, 5) is 31.2. The van der Waals surface area contributed by atoms with Crippen molar-refractivity contribution in [2.24, 2.45) is 5.92 Å². The molecular formula is C20H35N3O2. The van der Waals surface area contributed by atoms with Crippen LogP contribution in [0, 0.1) is 5.92 Å². The maximum Gasteiger partial charge on any atom is 0.223 e.